The van der Waals surface area contributed by atoms with E-state index in [1.807, 2.05) is 0 Å². The van der Waals surface area contributed by atoms with Crippen molar-refractivity contribution in [2.75, 3.05) is 5.73 Å². The molecule has 0 bridgehead atoms. The predicted molar refractivity (Wildman–Crippen MR) is 71.1 cm³/mol. The Labute approximate surface area is 118 Å². The summed E-state index contributed by atoms with van der Waals surface area (Å²) in [7, 11) is 0. The van der Waals surface area contributed by atoms with Crippen LogP contribution in [0.1, 0.15) is 11.4 Å². The molecule has 3 aromatic rings. The van der Waals surface area contributed by atoms with Crippen LogP contribution in [0, 0.1) is 11.6 Å². The molecular weight excluding hydrogens is 278 g/mol. The summed E-state index contributed by atoms with van der Waals surface area (Å²) in [5.74, 6) is -0.478. The van der Waals surface area contributed by atoms with Gasteiger partial charge in [-0.1, -0.05) is 17.3 Å². The SMILES string of the molecule is Nc1cccc(-c2nc(Cc3ccc(F)cc3F)no2)n1. The van der Waals surface area contributed by atoms with Gasteiger partial charge in [-0.2, -0.15) is 4.98 Å². The molecule has 21 heavy (non-hydrogen) atoms. The topological polar surface area (TPSA) is 77.8 Å². The molecule has 0 radical (unpaired) electrons. The number of aromatic nitrogens is 3. The fourth-order valence-electron chi connectivity index (χ4n) is 1.84. The summed E-state index contributed by atoms with van der Waals surface area (Å²) in [6.07, 6.45) is 0.0952. The summed E-state index contributed by atoms with van der Waals surface area (Å²) in [5.41, 5.74) is 6.29. The molecule has 0 saturated carbocycles. The molecule has 0 atom stereocenters. The third kappa shape index (κ3) is 2.86. The number of hydrogen-bond donors (Lipinski definition) is 1. The van der Waals surface area contributed by atoms with Crippen LogP contribution in [0.2, 0.25) is 0 Å². The third-order valence-electron chi connectivity index (χ3n) is 2.82. The lowest BCUT2D eigenvalue weighted by molar-refractivity contribution is 0.422. The molecular formula is C14H10F2N4O. The predicted octanol–water partition coefficient (Wildman–Crippen LogP) is 2.58. The summed E-state index contributed by atoms with van der Waals surface area (Å²) in [4.78, 5) is 8.17. The quantitative estimate of drug-likeness (QED) is 0.801. The highest BCUT2D eigenvalue weighted by Crippen LogP contribution is 2.18. The van der Waals surface area contributed by atoms with E-state index >= 15 is 0 Å². The van der Waals surface area contributed by atoms with Crippen LogP contribution in [-0.4, -0.2) is 15.1 Å². The first kappa shape index (κ1) is 13.2. The van der Waals surface area contributed by atoms with E-state index in [1.54, 1.807) is 18.2 Å². The molecule has 5 nitrogen and oxygen atoms in total. The number of benzene rings is 1. The molecule has 7 heteroatoms. The summed E-state index contributed by atoms with van der Waals surface area (Å²) in [6.45, 7) is 0. The largest absolute Gasteiger partial charge is 0.384 e. The Balaban J connectivity index is 1.85. The number of halogens is 2. The van der Waals surface area contributed by atoms with Crippen LogP contribution < -0.4 is 5.73 Å². The molecule has 3 rings (SSSR count). The minimum atomic E-state index is -0.650. The van der Waals surface area contributed by atoms with Gasteiger partial charge in [0.2, 0.25) is 0 Å². The van der Waals surface area contributed by atoms with E-state index in [1.165, 1.54) is 12.1 Å². The van der Waals surface area contributed by atoms with E-state index in [4.69, 9.17) is 10.3 Å². The number of rotatable bonds is 3. The van der Waals surface area contributed by atoms with Crippen LogP contribution in [0.4, 0.5) is 14.6 Å². The highest BCUT2D eigenvalue weighted by molar-refractivity contribution is 5.50. The van der Waals surface area contributed by atoms with Gasteiger partial charge in [-0.25, -0.2) is 13.8 Å². The standard InChI is InChI=1S/C14H10F2N4O/c15-9-5-4-8(10(16)7-9)6-13-19-14(21-20-13)11-2-1-3-12(17)18-11/h1-5,7H,6H2,(H2,17,18). The van der Waals surface area contributed by atoms with Crippen molar-refractivity contribution in [1.29, 1.82) is 0 Å². The van der Waals surface area contributed by atoms with E-state index in [2.05, 4.69) is 15.1 Å². The lowest BCUT2D eigenvalue weighted by Crippen LogP contribution is -1.96. The van der Waals surface area contributed by atoms with Gasteiger partial charge in [0, 0.05) is 12.5 Å². The Kier molecular flexibility index (Phi) is 3.31. The maximum absolute atomic E-state index is 13.6. The molecule has 2 N–H and O–H groups in total. The van der Waals surface area contributed by atoms with E-state index in [9.17, 15) is 8.78 Å². The molecule has 2 aromatic heterocycles. The summed E-state index contributed by atoms with van der Waals surface area (Å²) < 4.78 is 31.5. The van der Waals surface area contributed by atoms with Crippen LogP contribution in [-0.2, 0) is 6.42 Å². The zero-order chi connectivity index (χ0) is 14.8. The highest BCUT2D eigenvalue weighted by atomic mass is 19.1. The Bertz CT molecular complexity index is 788. The van der Waals surface area contributed by atoms with Gasteiger partial charge >= 0.3 is 0 Å². The van der Waals surface area contributed by atoms with E-state index in [-0.39, 0.29) is 23.7 Å². The summed E-state index contributed by atoms with van der Waals surface area (Å²) in [5, 5.41) is 3.75. The van der Waals surface area contributed by atoms with Crippen LogP contribution in [0.3, 0.4) is 0 Å². The van der Waals surface area contributed by atoms with Crippen molar-refractivity contribution in [2.24, 2.45) is 0 Å². The monoisotopic (exact) mass is 288 g/mol. The second kappa shape index (κ2) is 5.28. The molecule has 0 aliphatic carbocycles. The Morgan fingerprint density at radius 2 is 1.95 bits per heavy atom. The molecule has 1 aromatic carbocycles. The first-order chi connectivity index (χ1) is 10.1. The van der Waals surface area contributed by atoms with Crippen molar-refractivity contribution < 1.29 is 13.3 Å². The molecule has 0 saturated heterocycles. The van der Waals surface area contributed by atoms with Crippen molar-refractivity contribution in [3.63, 3.8) is 0 Å². The van der Waals surface area contributed by atoms with Crippen LogP contribution >= 0.6 is 0 Å². The van der Waals surface area contributed by atoms with E-state index in [0.29, 0.717) is 11.5 Å². The molecule has 2 heterocycles. The maximum Gasteiger partial charge on any atom is 0.276 e. The van der Waals surface area contributed by atoms with Gasteiger partial charge in [0.05, 0.1) is 0 Å². The molecule has 0 aliphatic heterocycles. The smallest absolute Gasteiger partial charge is 0.276 e. The van der Waals surface area contributed by atoms with Gasteiger partial charge in [-0.05, 0) is 23.8 Å². The Morgan fingerprint density at radius 1 is 1.10 bits per heavy atom. The number of pyridine rings is 1. The molecule has 0 spiro atoms. The minimum Gasteiger partial charge on any atom is -0.384 e. The maximum atomic E-state index is 13.6. The average Bonchev–Trinajstić information content (AvgIpc) is 2.91. The summed E-state index contributed by atoms with van der Waals surface area (Å²) in [6, 6.07) is 8.36. The van der Waals surface area contributed by atoms with Crippen molar-refractivity contribution in [3.05, 3.63) is 59.4 Å². The second-order valence-corrected chi connectivity index (χ2v) is 4.38. The van der Waals surface area contributed by atoms with Crippen LogP contribution in [0.15, 0.2) is 40.9 Å². The first-order valence-electron chi connectivity index (χ1n) is 6.11. The van der Waals surface area contributed by atoms with Crippen molar-refractivity contribution in [1.82, 2.24) is 15.1 Å². The van der Waals surface area contributed by atoms with E-state index in [0.717, 1.165) is 6.07 Å². The minimum absolute atomic E-state index is 0.0952. The average molecular weight is 288 g/mol. The molecule has 0 amide bonds. The number of nitrogens with zero attached hydrogens (tertiary/aromatic N) is 3. The fourth-order valence-corrected chi connectivity index (χ4v) is 1.84. The van der Waals surface area contributed by atoms with Gasteiger partial charge in [-0.15, -0.1) is 0 Å². The normalized spacial score (nSPS) is 10.8. The summed E-state index contributed by atoms with van der Waals surface area (Å²) >= 11 is 0. The molecule has 0 fully saturated rings. The molecule has 0 unspecified atom stereocenters. The molecule has 0 aliphatic rings. The Morgan fingerprint density at radius 3 is 2.71 bits per heavy atom. The Hall–Kier alpha value is -2.83. The zero-order valence-corrected chi connectivity index (χ0v) is 10.8. The fraction of sp³-hybridized carbons (Fsp3) is 0.0714. The number of nitrogens with two attached hydrogens (primary N) is 1. The van der Waals surface area contributed by atoms with Gasteiger partial charge in [-0.3, -0.25) is 0 Å². The van der Waals surface area contributed by atoms with Gasteiger partial charge < -0.3 is 10.3 Å². The van der Waals surface area contributed by atoms with Crippen molar-refractivity contribution in [3.8, 4) is 11.6 Å². The second-order valence-electron chi connectivity index (χ2n) is 4.38. The zero-order valence-electron chi connectivity index (χ0n) is 10.8. The van der Waals surface area contributed by atoms with Crippen LogP contribution in [0.25, 0.3) is 11.6 Å². The number of nitrogen functional groups attached to an aromatic ring is 1. The molecule has 106 valence electrons. The van der Waals surface area contributed by atoms with Gasteiger partial charge in [0.15, 0.2) is 5.82 Å². The number of anilines is 1. The van der Waals surface area contributed by atoms with E-state index < -0.39 is 11.6 Å². The lowest BCUT2D eigenvalue weighted by atomic mass is 10.1. The third-order valence-corrected chi connectivity index (χ3v) is 2.82. The van der Waals surface area contributed by atoms with Gasteiger partial charge in [0.25, 0.3) is 5.89 Å². The van der Waals surface area contributed by atoms with Crippen molar-refractivity contribution in [2.45, 2.75) is 6.42 Å². The lowest BCUT2D eigenvalue weighted by Gasteiger charge is -1.99. The van der Waals surface area contributed by atoms with Gasteiger partial charge in [0.1, 0.15) is 23.1 Å². The highest BCUT2D eigenvalue weighted by Gasteiger charge is 2.13. The number of hydrogen-bond acceptors (Lipinski definition) is 5. The van der Waals surface area contributed by atoms with Crippen molar-refractivity contribution >= 4 is 5.82 Å². The first-order valence-corrected chi connectivity index (χ1v) is 6.11. The van der Waals surface area contributed by atoms with Crippen LogP contribution in [0.5, 0.6) is 0 Å².